The number of ether oxygens (including phenoxy) is 1. The van der Waals surface area contributed by atoms with Crippen LogP contribution in [0.2, 0.25) is 0 Å². The molecule has 0 aliphatic carbocycles. The third-order valence-electron chi connectivity index (χ3n) is 3.78. The van der Waals surface area contributed by atoms with Gasteiger partial charge in [-0.25, -0.2) is 0 Å². The van der Waals surface area contributed by atoms with Crippen LogP contribution >= 0.6 is 11.3 Å². The molecule has 0 aliphatic rings. The molecule has 0 radical (unpaired) electrons. The van der Waals surface area contributed by atoms with E-state index in [1.165, 1.54) is 22.5 Å². The Hall–Kier alpha value is -2.40. The highest BCUT2D eigenvalue weighted by Gasteiger charge is 2.12. The Kier molecular flexibility index (Phi) is 4.05. The van der Waals surface area contributed by atoms with E-state index in [2.05, 4.69) is 31.0 Å². The molecule has 23 heavy (non-hydrogen) atoms. The van der Waals surface area contributed by atoms with E-state index in [-0.39, 0.29) is 5.91 Å². The largest absolute Gasteiger partial charge is 0.496 e. The van der Waals surface area contributed by atoms with Crippen molar-refractivity contribution in [2.75, 3.05) is 7.11 Å². The summed E-state index contributed by atoms with van der Waals surface area (Å²) in [5.41, 5.74) is 3.97. The SMILES string of the molecule is COc1ccccc1C(=O)N=c1sc2c(C)cc(C)cc2n1C. The maximum Gasteiger partial charge on any atom is 0.283 e. The second kappa shape index (κ2) is 6.01. The molecule has 1 aromatic heterocycles. The van der Waals surface area contributed by atoms with Gasteiger partial charge in [0.15, 0.2) is 4.80 Å². The Balaban J connectivity index is 2.16. The molecule has 0 saturated heterocycles. The van der Waals surface area contributed by atoms with Crippen molar-refractivity contribution < 1.29 is 9.53 Å². The van der Waals surface area contributed by atoms with Crippen LogP contribution in [0.3, 0.4) is 0 Å². The van der Waals surface area contributed by atoms with E-state index < -0.39 is 0 Å². The lowest BCUT2D eigenvalue weighted by molar-refractivity contribution is 0.0995. The molecule has 1 heterocycles. The van der Waals surface area contributed by atoms with Crippen molar-refractivity contribution in [2.24, 2.45) is 12.0 Å². The summed E-state index contributed by atoms with van der Waals surface area (Å²) in [5.74, 6) is 0.246. The van der Waals surface area contributed by atoms with Crippen LogP contribution < -0.4 is 9.54 Å². The Morgan fingerprint density at radius 3 is 2.70 bits per heavy atom. The molecule has 118 valence electrons. The van der Waals surface area contributed by atoms with Crippen molar-refractivity contribution in [3.8, 4) is 5.75 Å². The van der Waals surface area contributed by atoms with Crippen LogP contribution in [0, 0.1) is 13.8 Å². The fraction of sp³-hybridized carbons (Fsp3) is 0.222. The number of carbonyl (C=O) groups is 1. The molecule has 3 rings (SSSR count). The minimum absolute atomic E-state index is 0.293. The van der Waals surface area contributed by atoms with Gasteiger partial charge in [0.05, 0.1) is 22.9 Å². The van der Waals surface area contributed by atoms with Crippen molar-refractivity contribution in [2.45, 2.75) is 13.8 Å². The minimum atomic E-state index is -0.293. The van der Waals surface area contributed by atoms with Crippen molar-refractivity contribution in [1.29, 1.82) is 0 Å². The number of rotatable bonds is 2. The molecular formula is C18H18N2O2S. The van der Waals surface area contributed by atoms with Crippen LogP contribution in [0.25, 0.3) is 10.2 Å². The number of hydrogen-bond acceptors (Lipinski definition) is 3. The lowest BCUT2D eigenvalue weighted by Gasteiger charge is -2.03. The molecule has 5 heteroatoms. The Bertz CT molecular complexity index is 967. The molecule has 0 aliphatic heterocycles. The summed E-state index contributed by atoms with van der Waals surface area (Å²) in [6.45, 7) is 4.15. The van der Waals surface area contributed by atoms with Crippen LogP contribution in [-0.2, 0) is 7.05 Å². The zero-order chi connectivity index (χ0) is 16.6. The summed E-state index contributed by atoms with van der Waals surface area (Å²) >= 11 is 1.53. The van der Waals surface area contributed by atoms with E-state index in [1.54, 1.807) is 19.2 Å². The summed E-state index contributed by atoms with van der Waals surface area (Å²) in [6.07, 6.45) is 0. The van der Waals surface area contributed by atoms with Gasteiger partial charge >= 0.3 is 0 Å². The number of para-hydroxylation sites is 1. The van der Waals surface area contributed by atoms with Gasteiger partial charge in [-0.15, -0.1) is 0 Å². The molecule has 0 atom stereocenters. The van der Waals surface area contributed by atoms with Gasteiger partial charge in [0.2, 0.25) is 0 Å². The summed E-state index contributed by atoms with van der Waals surface area (Å²) in [5, 5.41) is 0. The number of hydrogen-bond donors (Lipinski definition) is 0. The Morgan fingerprint density at radius 2 is 1.96 bits per heavy atom. The number of methoxy groups -OCH3 is 1. The maximum absolute atomic E-state index is 12.5. The highest BCUT2D eigenvalue weighted by molar-refractivity contribution is 7.16. The molecule has 0 fully saturated rings. The summed E-state index contributed by atoms with van der Waals surface area (Å²) in [7, 11) is 3.49. The number of carbonyl (C=O) groups excluding carboxylic acids is 1. The minimum Gasteiger partial charge on any atom is -0.496 e. The number of aryl methyl sites for hydroxylation is 3. The first-order valence-corrected chi connectivity index (χ1v) is 8.11. The Morgan fingerprint density at radius 1 is 1.22 bits per heavy atom. The lowest BCUT2D eigenvalue weighted by atomic mass is 10.1. The van der Waals surface area contributed by atoms with Gasteiger partial charge in [0.1, 0.15) is 5.75 Å². The molecular weight excluding hydrogens is 308 g/mol. The van der Waals surface area contributed by atoms with Gasteiger partial charge in [-0.1, -0.05) is 29.5 Å². The van der Waals surface area contributed by atoms with E-state index in [1.807, 2.05) is 23.7 Å². The lowest BCUT2D eigenvalue weighted by Crippen LogP contribution is -2.13. The number of thiazole rings is 1. The summed E-state index contributed by atoms with van der Waals surface area (Å²) in [6, 6.07) is 11.4. The molecule has 0 unspecified atom stereocenters. The normalized spacial score (nSPS) is 11.9. The average Bonchev–Trinajstić information content (AvgIpc) is 2.84. The van der Waals surface area contributed by atoms with Gasteiger partial charge in [0, 0.05) is 7.05 Å². The van der Waals surface area contributed by atoms with E-state index in [9.17, 15) is 4.79 Å². The molecule has 4 nitrogen and oxygen atoms in total. The van der Waals surface area contributed by atoms with Gasteiger partial charge in [-0.3, -0.25) is 4.79 Å². The van der Waals surface area contributed by atoms with Gasteiger partial charge in [-0.2, -0.15) is 4.99 Å². The van der Waals surface area contributed by atoms with E-state index in [0.29, 0.717) is 16.1 Å². The van der Waals surface area contributed by atoms with Crippen molar-refractivity contribution in [3.05, 3.63) is 57.9 Å². The Labute approximate surface area is 138 Å². The first kappa shape index (κ1) is 15.5. The van der Waals surface area contributed by atoms with Crippen LogP contribution in [-0.4, -0.2) is 17.6 Å². The second-order valence-electron chi connectivity index (χ2n) is 5.49. The van der Waals surface area contributed by atoms with Crippen LogP contribution in [0.15, 0.2) is 41.4 Å². The monoisotopic (exact) mass is 326 g/mol. The topological polar surface area (TPSA) is 43.6 Å². The van der Waals surface area contributed by atoms with Gasteiger partial charge in [-0.05, 0) is 43.2 Å². The molecule has 3 aromatic rings. The predicted octanol–water partition coefficient (Wildman–Crippen LogP) is 3.61. The van der Waals surface area contributed by atoms with Crippen molar-refractivity contribution in [1.82, 2.24) is 4.57 Å². The van der Waals surface area contributed by atoms with E-state index in [0.717, 1.165) is 10.2 Å². The van der Waals surface area contributed by atoms with Gasteiger partial charge in [0.25, 0.3) is 5.91 Å². The molecule has 1 amide bonds. The third-order valence-corrected chi connectivity index (χ3v) is 5.06. The molecule has 0 saturated carbocycles. The highest BCUT2D eigenvalue weighted by atomic mass is 32.1. The fourth-order valence-corrected chi connectivity index (χ4v) is 3.71. The summed E-state index contributed by atoms with van der Waals surface area (Å²) < 4.78 is 8.37. The standard InChI is InChI=1S/C18H18N2O2S/c1-11-9-12(2)16-14(10-11)20(3)18(23-16)19-17(21)13-7-5-6-8-15(13)22-4/h5-10H,1-4H3. The number of amides is 1. The molecule has 2 aromatic carbocycles. The maximum atomic E-state index is 12.5. The zero-order valence-electron chi connectivity index (χ0n) is 13.6. The quantitative estimate of drug-likeness (QED) is 0.722. The molecule has 0 spiro atoms. The number of fused-ring (bicyclic) bond motifs is 1. The smallest absolute Gasteiger partial charge is 0.283 e. The fourth-order valence-electron chi connectivity index (χ4n) is 2.64. The van der Waals surface area contributed by atoms with Crippen LogP contribution in [0.4, 0.5) is 0 Å². The van der Waals surface area contributed by atoms with Crippen molar-refractivity contribution >= 4 is 27.5 Å². The second-order valence-corrected chi connectivity index (χ2v) is 6.47. The number of nitrogens with zero attached hydrogens (tertiary/aromatic N) is 2. The summed E-state index contributed by atoms with van der Waals surface area (Å²) in [4.78, 5) is 17.5. The number of benzene rings is 2. The average molecular weight is 326 g/mol. The zero-order valence-corrected chi connectivity index (χ0v) is 14.4. The first-order chi connectivity index (χ1) is 11.0. The highest BCUT2D eigenvalue weighted by Crippen LogP contribution is 2.23. The van der Waals surface area contributed by atoms with Crippen LogP contribution in [0.5, 0.6) is 5.75 Å². The third kappa shape index (κ3) is 2.80. The molecule has 0 N–H and O–H groups in total. The predicted molar refractivity (Wildman–Crippen MR) is 93.2 cm³/mol. The van der Waals surface area contributed by atoms with Crippen molar-refractivity contribution in [3.63, 3.8) is 0 Å². The number of aromatic nitrogens is 1. The molecule has 0 bridgehead atoms. The van der Waals surface area contributed by atoms with E-state index >= 15 is 0 Å². The van der Waals surface area contributed by atoms with Gasteiger partial charge < -0.3 is 9.30 Å². The van der Waals surface area contributed by atoms with Crippen LogP contribution in [0.1, 0.15) is 21.5 Å². The van der Waals surface area contributed by atoms with E-state index in [4.69, 9.17) is 4.74 Å². The first-order valence-electron chi connectivity index (χ1n) is 7.30.